The minimum Gasteiger partial charge on any atom is -0.393 e. The van der Waals surface area contributed by atoms with Crippen LogP contribution in [0.1, 0.15) is 57.9 Å². The van der Waals surface area contributed by atoms with E-state index in [0.29, 0.717) is 60.9 Å². The lowest BCUT2D eigenvalue weighted by molar-refractivity contribution is -0.128. The molecule has 0 aliphatic heterocycles. The fourth-order valence-electron chi connectivity index (χ4n) is 5.18. The Kier molecular flexibility index (Phi) is 6.69. The number of hydrogen-bond donors (Lipinski definition) is 4. The van der Waals surface area contributed by atoms with Crippen molar-refractivity contribution < 1.29 is 14.3 Å². The Balaban J connectivity index is 1.53. The Morgan fingerprint density at radius 1 is 1.19 bits per heavy atom. The number of halogens is 3. The van der Waals surface area contributed by atoms with Crippen LogP contribution >= 0.6 is 23.2 Å². The molecular formula is C24H28Cl2FN7O2. The van der Waals surface area contributed by atoms with Crippen molar-refractivity contribution in [1.29, 1.82) is 0 Å². The van der Waals surface area contributed by atoms with Crippen molar-refractivity contribution in [2.75, 3.05) is 10.6 Å². The Hall–Kier alpha value is -2.69. The third kappa shape index (κ3) is 4.81. The molecule has 2 fully saturated rings. The molecule has 2 atom stereocenters. The highest BCUT2D eigenvalue weighted by Gasteiger charge is 2.38. The minimum absolute atomic E-state index is 0.0287. The van der Waals surface area contributed by atoms with E-state index in [0.717, 1.165) is 12.8 Å². The van der Waals surface area contributed by atoms with Crippen LogP contribution in [-0.4, -0.2) is 42.7 Å². The maximum atomic E-state index is 13.8. The van der Waals surface area contributed by atoms with Crippen LogP contribution in [0.25, 0.3) is 11.2 Å². The molecule has 2 aromatic heterocycles. The molecular weight excluding hydrogens is 508 g/mol. The molecule has 3 aromatic rings. The predicted molar refractivity (Wildman–Crippen MR) is 137 cm³/mol. The molecule has 0 unspecified atom stereocenters. The summed E-state index contributed by atoms with van der Waals surface area (Å²) in [5.74, 6) is 0.0497. The van der Waals surface area contributed by atoms with Gasteiger partial charge in [-0.1, -0.05) is 30.1 Å². The molecule has 2 heterocycles. The lowest BCUT2D eigenvalue weighted by atomic mass is 9.73. The molecule has 36 heavy (non-hydrogen) atoms. The van der Waals surface area contributed by atoms with Gasteiger partial charge in [-0.2, -0.15) is 4.98 Å². The highest BCUT2D eigenvalue weighted by molar-refractivity contribution is 6.39. The van der Waals surface area contributed by atoms with Gasteiger partial charge in [-0.15, -0.1) is 0 Å². The topological polar surface area (TPSA) is 131 Å². The first-order chi connectivity index (χ1) is 17.1. The fraction of sp³-hybridized carbons (Fsp3) is 0.500. The van der Waals surface area contributed by atoms with Gasteiger partial charge in [-0.05, 0) is 57.1 Å². The summed E-state index contributed by atoms with van der Waals surface area (Å²) >= 11 is 12.6. The molecule has 2 aliphatic carbocycles. The molecule has 12 heteroatoms. The third-order valence-electron chi connectivity index (χ3n) is 7.43. The van der Waals surface area contributed by atoms with Crippen molar-refractivity contribution in [2.45, 2.75) is 70.1 Å². The standard InChI is InChI=1S/C24H28Cl2FN7O2/c1-24(21(28)36)6-4-14(5-7-24)34-20-18(11-29-22(33-20)30-13-2-3-15(35)10-13)31-23(34)32-19-16(25)8-12(27)9-17(19)26/h8-9,11,13-15,35H,2-7,10H2,1H3,(H2,28,36)(H,31,32)(H,29,30,33)/t13-,14-,15-,24-/m1/s1. The summed E-state index contributed by atoms with van der Waals surface area (Å²) in [6, 6.07) is 2.42. The SMILES string of the molecule is C[C@]1(C(N)=O)CC[C@H](n2c(Nc3c(Cl)cc(F)cc3Cl)nc3cnc(N[C@@H]4CC[C@@H](O)C4)nc32)CC1. The zero-order valence-corrected chi connectivity index (χ0v) is 21.3. The number of benzene rings is 1. The van der Waals surface area contributed by atoms with Crippen LogP contribution < -0.4 is 16.4 Å². The van der Waals surface area contributed by atoms with E-state index < -0.39 is 11.2 Å². The first-order valence-corrected chi connectivity index (χ1v) is 12.8. The Morgan fingerprint density at radius 3 is 2.50 bits per heavy atom. The van der Waals surface area contributed by atoms with E-state index in [1.807, 2.05) is 11.5 Å². The lowest BCUT2D eigenvalue weighted by Crippen LogP contribution is -2.38. The van der Waals surface area contributed by atoms with E-state index in [2.05, 4.69) is 15.6 Å². The molecule has 2 aliphatic rings. The van der Waals surface area contributed by atoms with Crippen LogP contribution in [-0.2, 0) is 4.79 Å². The van der Waals surface area contributed by atoms with E-state index in [1.165, 1.54) is 12.1 Å². The average molecular weight is 536 g/mol. The van der Waals surface area contributed by atoms with Crippen molar-refractivity contribution in [1.82, 2.24) is 19.5 Å². The normalized spacial score (nSPS) is 26.3. The first kappa shape index (κ1) is 25.0. The van der Waals surface area contributed by atoms with Crippen LogP contribution in [0.5, 0.6) is 0 Å². The van der Waals surface area contributed by atoms with Crippen LogP contribution in [0.2, 0.25) is 10.0 Å². The number of anilines is 3. The maximum absolute atomic E-state index is 13.8. The number of primary amides is 1. The van der Waals surface area contributed by atoms with Gasteiger partial charge in [-0.3, -0.25) is 9.36 Å². The van der Waals surface area contributed by atoms with E-state index in [-0.39, 0.29) is 34.1 Å². The number of carbonyl (C=O) groups excluding carboxylic acids is 1. The van der Waals surface area contributed by atoms with Crippen molar-refractivity contribution >= 4 is 57.9 Å². The van der Waals surface area contributed by atoms with Gasteiger partial charge in [0, 0.05) is 17.5 Å². The molecule has 192 valence electrons. The maximum Gasteiger partial charge on any atom is 0.224 e. The van der Waals surface area contributed by atoms with Gasteiger partial charge < -0.3 is 21.5 Å². The van der Waals surface area contributed by atoms with Gasteiger partial charge >= 0.3 is 0 Å². The molecule has 1 aromatic carbocycles. The molecule has 0 bridgehead atoms. The van der Waals surface area contributed by atoms with Gasteiger partial charge in [0.15, 0.2) is 5.65 Å². The fourth-order valence-corrected chi connectivity index (χ4v) is 5.74. The number of hydrogen-bond acceptors (Lipinski definition) is 7. The molecule has 0 saturated heterocycles. The second kappa shape index (κ2) is 9.64. The molecule has 5 rings (SSSR count). The quantitative estimate of drug-likeness (QED) is 0.351. The summed E-state index contributed by atoms with van der Waals surface area (Å²) in [5, 5.41) is 16.6. The van der Waals surface area contributed by atoms with Gasteiger partial charge in [0.2, 0.25) is 17.8 Å². The first-order valence-electron chi connectivity index (χ1n) is 12.0. The second-order valence-corrected chi connectivity index (χ2v) is 10.9. The van der Waals surface area contributed by atoms with E-state index in [9.17, 15) is 14.3 Å². The third-order valence-corrected chi connectivity index (χ3v) is 8.03. The van der Waals surface area contributed by atoms with Crippen molar-refractivity contribution in [3.8, 4) is 0 Å². The lowest BCUT2D eigenvalue weighted by Gasteiger charge is -2.35. The number of rotatable bonds is 6. The summed E-state index contributed by atoms with van der Waals surface area (Å²) in [6.07, 6.45) is 6.17. The van der Waals surface area contributed by atoms with Gasteiger partial charge in [-0.25, -0.2) is 14.4 Å². The van der Waals surface area contributed by atoms with Crippen molar-refractivity contribution in [2.24, 2.45) is 11.1 Å². The smallest absolute Gasteiger partial charge is 0.224 e. The molecule has 1 amide bonds. The van der Waals surface area contributed by atoms with Gasteiger partial charge in [0.1, 0.15) is 11.3 Å². The number of amides is 1. The van der Waals surface area contributed by atoms with Crippen LogP contribution in [0, 0.1) is 11.2 Å². The Labute approximate surface area is 217 Å². The molecule has 2 saturated carbocycles. The van der Waals surface area contributed by atoms with E-state index in [1.54, 1.807) is 6.20 Å². The van der Waals surface area contributed by atoms with Crippen molar-refractivity contribution in [3.63, 3.8) is 0 Å². The van der Waals surface area contributed by atoms with E-state index >= 15 is 0 Å². The molecule has 0 spiro atoms. The average Bonchev–Trinajstić information content (AvgIpc) is 3.39. The highest BCUT2D eigenvalue weighted by Crippen LogP contribution is 2.43. The highest BCUT2D eigenvalue weighted by atomic mass is 35.5. The zero-order chi connectivity index (χ0) is 25.6. The molecule has 0 radical (unpaired) electrons. The van der Waals surface area contributed by atoms with Crippen molar-refractivity contribution in [3.05, 3.63) is 34.2 Å². The number of imidazole rings is 1. The van der Waals surface area contributed by atoms with Gasteiger partial charge in [0.25, 0.3) is 0 Å². The number of nitrogens with two attached hydrogens (primary N) is 1. The number of nitrogens with one attached hydrogen (secondary N) is 2. The second-order valence-electron chi connectivity index (χ2n) is 10.0. The van der Waals surface area contributed by atoms with E-state index in [4.69, 9.17) is 38.9 Å². The largest absolute Gasteiger partial charge is 0.393 e. The summed E-state index contributed by atoms with van der Waals surface area (Å²) in [7, 11) is 0. The predicted octanol–water partition coefficient (Wildman–Crippen LogP) is 4.95. The number of aliphatic hydroxyl groups excluding tert-OH is 1. The monoisotopic (exact) mass is 535 g/mol. The number of aliphatic hydroxyl groups is 1. The van der Waals surface area contributed by atoms with Crippen LogP contribution in [0.15, 0.2) is 18.3 Å². The Morgan fingerprint density at radius 2 is 1.89 bits per heavy atom. The summed E-state index contributed by atoms with van der Waals surface area (Å²) < 4.78 is 15.7. The Bertz CT molecular complexity index is 1290. The summed E-state index contributed by atoms with van der Waals surface area (Å²) in [6.45, 7) is 1.90. The summed E-state index contributed by atoms with van der Waals surface area (Å²) in [5.41, 5.74) is 6.61. The number of fused-ring (bicyclic) bond motifs is 1. The number of nitrogens with zero attached hydrogens (tertiary/aromatic N) is 4. The molecule has 5 N–H and O–H groups in total. The van der Waals surface area contributed by atoms with Gasteiger partial charge in [0.05, 0.1) is 28.0 Å². The van der Waals surface area contributed by atoms with Crippen LogP contribution in [0.4, 0.5) is 22.0 Å². The number of aromatic nitrogens is 4. The molecule has 9 nitrogen and oxygen atoms in total. The number of carbonyl (C=O) groups is 1. The van der Waals surface area contributed by atoms with Crippen LogP contribution in [0.3, 0.4) is 0 Å². The zero-order valence-electron chi connectivity index (χ0n) is 19.8. The summed E-state index contributed by atoms with van der Waals surface area (Å²) in [4.78, 5) is 25.9. The minimum atomic E-state index is -0.560.